The Morgan fingerprint density at radius 1 is 1.25 bits per heavy atom. The molecule has 2 rings (SSSR count). The number of rotatable bonds is 6. The number of hydrogen-bond donors (Lipinski definition) is 2. The second kappa shape index (κ2) is 7.81. The first-order valence-electron chi connectivity index (χ1n) is 8.11. The molecule has 2 aromatic rings. The average molecular weight is 328 g/mol. The van der Waals surface area contributed by atoms with Crippen LogP contribution in [0.15, 0.2) is 29.1 Å². The van der Waals surface area contributed by atoms with E-state index in [2.05, 4.69) is 17.2 Å². The first-order chi connectivity index (χ1) is 11.5. The summed E-state index contributed by atoms with van der Waals surface area (Å²) in [7, 11) is 1.60. The molecule has 0 saturated heterocycles. The normalized spacial score (nSPS) is 10.5. The highest BCUT2D eigenvalue weighted by Crippen LogP contribution is 2.24. The molecule has 1 amide bonds. The van der Waals surface area contributed by atoms with Gasteiger partial charge in [0.15, 0.2) is 0 Å². The number of aromatic nitrogens is 1. The minimum atomic E-state index is -0.197. The van der Waals surface area contributed by atoms with Crippen LogP contribution in [0.3, 0.4) is 0 Å². The molecule has 1 aromatic carbocycles. The summed E-state index contributed by atoms with van der Waals surface area (Å²) in [5.74, 6) is 0.519. The summed E-state index contributed by atoms with van der Waals surface area (Å²) < 4.78 is 5.37. The van der Waals surface area contributed by atoms with Gasteiger partial charge < -0.3 is 15.0 Å². The van der Waals surface area contributed by atoms with Gasteiger partial charge in [-0.2, -0.15) is 0 Å². The lowest BCUT2D eigenvalue weighted by Gasteiger charge is -2.14. The third-order valence-electron chi connectivity index (χ3n) is 4.02. The topological polar surface area (TPSA) is 71.2 Å². The van der Waals surface area contributed by atoms with Gasteiger partial charge >= 0.3 is 0 Å². The summed E-state index contributed by atoms with van der Waals surface area (Å²) in [6, 6.07) is 7.35. The van der Waals surface area contributed by atoms with Gasteiger partial charge in [-0.15, -0.1) is 0 Å². The van der Waals surface area contributed by atoms with Crippen molar-refractivity contribution in [3.8, 4) is 5.75 Å². The van der Waals surface area contributed by atoms with Crippen LogP contribution in [-0.4, -0.2) is 18.0 Å². The molecule has 128 valence electrons. The van der Waals surface area contributed by atoms with Crippen LogP contribution in [-0.2, 0) is 13.0 Å². The first-order valence-corrected chi connectivity index (χ1v) is 8.11. The molecule has 0 aliphatic heterocycles. The molecular weight excluding hydrogens is 304 g/mol. The Balaban J connectivity index is 2.24. The second-order valence-electron chi connectivity index (χ2n) is 5.86. The maximum atomic E-state index is 12.6. The zero-order valence-electron chi connectivity index (χ0n) is 14.7. The number of methoxy groups -OCH3 is 1. The summed E-state index contributed by atoms with van der Waals surface area (Å²) in [6.07, 6.45) is 1.67. The molecule has 0 bridgehead atoms. The van der Waals surface area contributed by atoms with Crippen LogP contribution >= 0.6 is 0 Å². The minimum absolute atomic E-state index is 0.160. The first kappa shape index (κ1) is 17.8. The molecule has 0 atom stereocenters. The van der Waals surface area contributed by atoms with Gasteiger partial charge in [0.1, 0.15) is 5.75 Å². The summed E-state index contributed by atoms with van der Waals surface area (Å²) >= 11 is 0. The van der Waals surface area contributed by atoms with E-state index in [1.807, 2.05) is 26.0 Å². The van der Waals surface area contributed by atoms with Crippen LogP contribution in [0.1, 0.15) is 46.1 Å². The molecule has 0 aliphatic rings. The van der Waals surface area contributed by atoms with Gasteiger partial charge in [-0.05, 0) is 44.0 Å². The molecule has 5 nitrogen and oxygen atoms in total. The maximum absolute atomic E-state index is 12.6. The SMILES string of the molecule is CCCc1c(OC)cccc1C(=O)NCc1c(C)cc(C)[nH]c1=O. The van der Waals surface area contributed by atoms with Crippen molar-refractivity contribution in [2.24, 2.45) is 0 Å². The molecular formula is C19H24N2O3. The van der Waals surface area contributed by atoms with E-state index in [1.165, 1.54) is 0 Å². The predicted octanol–water partition coefficient (Wildman–Crippen LogP) is 2.88. The van der Waals surface area contributed by atoms with E-state index in [4.69, 9.17) is 4.74 Å². The summed E-state index contributed by atoms with van der Waals surface area (Å²) in [5, 5.41) is 2.85. The second-order valence-corrected chi connectivity index (χ2v) is 5.86. The van der Waals surface area contributed by atoms with E-state index in [-0.39, 0.29) is 18.0 Å². The quantitative estimate of drug-likeness (QED) is 0.856. The number of ether oxygens (including phenoxy) is 1. The van der Waals surface area contributed by atoms with Crippen LogP contribution in [0.4, 0.5) is 0 Å². The van der Waals surface area contributed by atoms with E-state index in [9.17, 15) is 9.59 Å². The van der Waals surface area contributed by atoms with E-state index in [0.29, 0.717) is 16.9 Å². The number of hydrogen-bond acceptors (Lipinski definition) is 3. The Bertz CT molecular complexity index is 794. The number of amides is 1. The summed E-state index contributed by atoms with van der Waals surface area (Å²) in [6.45, 7) is 5.97. The minimum Gasteiger partial charge on any atom is -0.496 e. The number of nitrogens with one attached hydrogen (secondary N) is 2. The Morgan fingerprint density at radius 2 is 2.00 bits per heavy atom. The Hall–Kier alpha value is -2.56. The van der Waals surface area contributed by atoms with Gasteiger partial charge in [0, 0.05) is 28.9 Å². The summed E-state index contributed by atoms with van der Waals surface area (Å²) in [4.78, 5) is 27.4. The molecule has 0 radical (unpaired) electrons. The third kappa shape index (κ3) is 3.85. The fraction of sp³-hybridized carbons (Fsp3) is 0.368. The highest BCUT2D eigenvalue weighted by Gasteiger charge is 2.15. The van der Waals surface area contributed by atoms with Crippen molar-refractivity contribution >= 4 is 5.91 Å². The van der Waals surface area contributed by atoms with Gasteiger partial charge in [-0.1, -0.05) is 19.4 Å². The molecule has 0 unspecified atom stereocenters. The molecule has 1 aromatic heterocycles. The zero-order chi connectivity index (χ0) is 17.7. The van der Waals surface area contributed by atoms with Crippen molar-refractivity contribution < 1.29 is 9.53 Å². The van der Waals surface area contributed by atoms with E-state index in [1.54, 1.807) is 19.2 Å². The molecule has 0 spiro atoms. The number of H-pyrrole nitrogens is 1. The highest BCUT2D eigenvalue weighted by atomic mass is 16.5. The monoisotopic (exact) mass is 328 g/mol. The van der Waals surface area contributed by atoms with Gasteiger partial charge in [-0.25, -0.2) is 0 Å². The van der Waals surface area contributed by atoms with Gasteiger partial charge in [0.05, 0.1) is 7.11 Å². The number of carbonyl (C=O) groups is 1. The largest absolute Gasteiger partial charge is 0.496 e. The standard InChI is InChI=1S/C19H24N2O3/c1-5-7-14-15(8-6-9-17(14)24-4)18(22)20-11-16-12(2)10-13(3)21-19(16)23/h6,8-10H,5,7,11H2,1-4H3,(H,20,22)(H,21,23). The van der Waals surface area contributed by atoms with Crippen LogP contribution in [0.2, 0.25) is 0 Å². The number of aromatic amines is 1. The van der Waals surface area contributed by atoms with Gasteiger partial charge in [0.2, 0.25) is 0 Å². The smallest absolute Gasteiger partial charge is 0.253 e. The molecule has 1 heterocycles. The van der Waals surface area contributed by atoms with Crippen LogP contribution < -0.4 is 15.6 Å². The van der Waals surface area contributed by atoms with Crippen LogP contribution in [0.5, 0.6) is 5.75 Å². The lowest BCUT2D eigenvalue weighted by Crippen LogP contribution is -2.28. The molecule has 0 aliphatic carbocycles. The number of pyridine rings is 1. The van der Waals surface area contributed by atoms with E-state index in [0.717, 1.165) is 29.7 Å². The number of aryl methyl sites for hydroxylation is 2. The van der Waals surface area contributed by atoms with Gasteiger partial charge in [-0.3, -0.25) is 9.59 Å². The maximum Gasteiger partial charge on any atom is 0.253 e. The van der Waals surface area contributed by atoms with Crippen molar-refractivity contribution in [1.29, 1.82) is 0 Å². The Morgan fingerprint density at radius 3 is 2.62 bits per heavy atom. The summed E-state index contributed by atoms with van der Waals surface area (Å²) in [5.41, 5.74) is 3.59. The Labute approximate surface area is 142 Å². The highest BCUT2D eigenvalue weighted by molar-refractivity contribution is 5.96. The van der Waals surface area contributed by atoms with E-state index < -0.39 is 0 Å². The average Bonchev–Trinajstić information content (AvgIpc) is 2.54. The molecule has 2 N–H and O–H groups in total. The van der Waals surface area contributed by atoms with Crippen molar-refractivity contribution in [1.82, 2.24) is 10.3 Å². The molecule has 0 fully saturated rings. The fourth-order valence-electron chi connectivity index (χ4n) is 2.84. The molecule has 5 heteroatoms. The third-order valence-corrected chi connectivity index (χ3v) is 4.02. The zero-order valence-corrected chi connectivity index (χ0v) is 14.7. The van der Waals surface area contributed by atoms with Crippen LogP contribution in [0.25, 0.3) is 0 Å². The van der Waals surface area contributed by atoms with Crippen molar-refractivity contribution in [2.45, 2.75) is 40.2 Å². The number of benzene rings is 1. The molecule has 0 saturated carbocycles. The van der Waals surface area contributed by atoms with Gasteiger partial charge in [0.25, 0.3) is 11.5 Å². The Kier molecular flexibility index (Phi) is 5.79. The number of carbonyl (C=O) groups excluding carboxylic acids is 1. The van der Waals surface area contributed by atoms with Crippen LogP contribution in [0, 0.1) is 13.8 Å². The van der Waals surface area contributed by atoms with Crippen molar-refractivity contribution in [3.05, 3.63) is 62.6 Å². The fourth-order valence-corrected chi connectivity index (χ4v) is 2.84. The lowest BCUT2D eigenvalue weighted by molar-refractivity contribution is 0.0949. The van der Waals surface area contributed by atoms with E-state index >= 15 is 0 Å². The van der Waals surface area contributed by atoms with Crippen molar-refractivity contribution in [3.63, 3.8) is 0 Å². The lowest BCUT2D eigenvalue weighted by atomic mass is 10.0. The molecule has 24 heavy (non-hydrogen) atoms. The predicted molar refractivity (Wildman–Crippen MR) is 94.7 cm³/mol. The van der Waals surface area contributed by atoms with Crippen molar-refractivity contribution in [2.75, 3.05) is 7.11 Å².